The largest absolute Gasteiger partial charge is 0.392 e. The SMILES string of the molecule is CC(C)C(C)NC(=O)NCc1ccccc1CO. The summed E-state index contributed by atoms with van der Waals surface area (Å²) < 4.78 is 0. The minimum Gasteiger partial charge on any atom is -0.392 e. The van der Waals surface area contributed by atoms with E-state index >= 15 is 0 Å². The van der Waals surface area contributed by atoms with Crippen LogP contribution in [0, 0.1) is 5.92 Å². The molecule has 0 aliphatic rings. The molecule has 0 fully saturated rings. The Bertz CT molecular complexity index is 391. The number of amides is 2. The van der Waals surface area contributed by atoms with Gasteiger partial charge in [0, 0.05) is 12.6 Å². The number of benzene rings is 1. The lowest BCUT2D eigenvalue weighted by atomic mass is 10.1. The Morgan fingerprint density at radius 2 is 1.83 bits per heavy atom. The fourth-order valence-corrected chi connectivity index (χ4v) is 1.48. The van der Waals surface area contributed by atoms with Crippen LogP contribution in [0.2, 0.25) is 0 Å². The second-order valence-electron chi connectivity index (χ2n) is 4.79. The molecule has 0 saturated heterocycles. The van der Waals surface area contributed by atoms with E-state index in [1.807, 2.05) is 31.2 Å². The summed E-state index contributed by atoms with van der Waals surface area (Å²) in [5.74, 6) is 0.403. The molecule has 0 radical (unpaired) electrons. The van der Waals surface area contributed by atoms with Crippen LogP contribution < -0.4 is 10.6 Å². The number of nitrogens with one attached hydrogen (secondary N) is 2. The second kappa shape index (κ2) is 7.01. The van der Waals surface area contributed by atoms with E-state index in [-0.39, 0.29) is 18.7 Å². The smallest absolute Gasteiger partial charge is 0.315 e. The van der Waals surface area contributed by atoms with Crippen LogP contribution in [0.4, 0.5) is 4.79 Å². The summed E-state index contributed by atoms with van der Waals surface area (Å²) in [7, 11) is 0. The van der Waals surface area contributed by atoms with Crippen LogP contribution in [0.1, 0.15) is 31.9 Å². The number of urea groups is 1. The fourth-order valence-electron chi connectivity index (χ4n) is 1.48. The highest BCUT2D eigenvalue weighted by Crippen LogP contribution is 2.08. The van der Waals surface area contributed by atoms with Gasteiger partial charge in [-0.25, -0.2) is 4.79 Å². The number of aliphatic hydroxyl groups excluding tert-OH is 1. The van der Waals surface area contributed by atoms with E-state index in [2.05, 4.69) is 24.5 Å². The van der Waals surface area contributed by atoms with Gasteiger partial charge in [0.2, 0.25) is 0 Å². The van der Waals surface area contributed by atoms with Gasteiger partial charge < -0.3 is 15.7 Å². The van der Waals surface area contributed by atoms with E-state index in [1.54, 1.807) is 0 Å². The van der Waals surface area contributed by atoms with Crippen molar-refractivity contribution in [1.29, 1.82) is 0 Å². The maximum atomic E-state index is 11.6. The molecule has 1 rings (SSSR count). The molecule has 4 nitrogen and oxygen atoms in total. The zero-order chi connectivity index (χ0) is 13.5. The minimum atomic E-state index is -0.177. The van der Waals surface area contributed by atoms with E-state index in [0.29, 0.717) is 12.5 Å². The van der Waals surface area contributed by atoms with Crippen molar-refractivity contribution in [2.45, 2.75) is 40.0 Å². The number of hydrogen-bond acceptors (Lipinski definition) is 2. The Labute approximate surface area is 108 Å². The molecule has 1 aromatic rings. The molecule has 18 heavy (non-hydrogen) atoms. The third kappa shape index (κ3) is 4.37. The highest BCUT2D eigenvalue weighted by molar-refractivity contribution is 5.74. The molecule has 0 spiro atoms. The topological polar surface area (TPSA) is 61.4 Å². The number of carbonyl (C=O) groups is 1. The first-order valence-corrected chi connectivity index (χ1v) is 6.26. The molecule has 0 aromatic heterocycles. The van der Waals surface area contributed by atoms with Crippen molar-refractivity contribution in [3.8, 4) is 0 Å². The zero-order valence-electron chi connectivity index (χ0n) is 11.2. The van der Waals surface area contributed by atoms with Gasteiger partial charge in [-0.2, -0.15) is 0 Å². The number of carbonyl (C=O) groups excluding carboxylic acids is 1. The average Bonchev–Trinajstić information content (AvgIpc) is 2.36. The summed E-state index contributed by atoms with van der Waals surface area (Å²) in [6.07, 6.45) is 0. The van der Waals surface area contributed by atoms with Crippen LogP contribution in [-0.4, -0.2) is 17.2 Å². The van der Waals surface area contributed by atoms with Crippen LogP contribution in [0.15, 0.2) is 24.3 Å². The Morgan fingerprint density at radius 1 is 1.22 bits per heavy atom. The molecule has 0 aliphatic heterocycles. The van der Waals surface area contributed by atoms with Gasteiger partial charge >= 0.3 is 6.03 Å². The zero-order valence-corrected chi connectivity index (χ0v) is 11.2. The fraction of sp³-hybridized carbons (Fsp3) is 0.500. The molecule has 3 N–H and O–H groups in total. The van der Waals surface area contributed by atoms with Crippen molar-refractivity contribution in [2.24, 2.45) is 5.92 Å². The molecule has 1 aromatic carbocycles. The van der Waals surface area contributed by atoms with E-state index in [1.165, 1.54) is 0 Å². The summed E-state index contributed by atoms with van der Waals surface area (Å²) in [6.45, 7) is 6.51. The van der Waals surface area contributed by atoms with E-state index in [9.17, 15) is 9.90 Å². The van der Waals surface area contributed by atoms with Gasteiger partial charge in [0.15, 0.2) is 0 Å². The second-order valence-corrected chi connectivity index (χ2v) is 4.79. The monoisotopic (exact) mass is 250 g/mol. The van der Waals surface area contributed by atoms with E-state index < -0.39 is 0 Å². The molecule has 100 valence electrons. The van der Waals surface area contributed by atoms with Gasteiger partial charge in [-0.05, 0) is 24.0 Å². The van der Waals surface area contributed by atoms with Gasteiger partial charge in [0.05, 0.1) is 6.61 Å². The normalized spacial score (nSPS) is 12.3. The molecule has 4 heteroatoms. The van der Waals surface area contributed by atoms with Crippen LogP contribution in [0.3, 0.4) is 0 Å². The highest BCUT2D eigenvalue weighted by atomic mass is 16.3. The highest BCUT2D eigenvalue weighted by Gasteiger charge is 2.10. The van der Waals surface area contributed by atoms with Gasteiger partial charge in [0.1, 0.15) is 0 Å². The summed E-state index contributed by atoms with van der Waals surface area (Å²) in [5, 5.41) is 14.8. The third-order valence-corrected chi connectivity index (χ3v) is 3.09. The molecular formula is C14H22N2O2. The predicted molar refractivity (Wildman–Crippen MR) is 72.0 cm³/mol. The first-order valence-electron chi connectivity index (χ1n) is 6.26. The molecule has 1 atom stereocenters. The molecule has 1 unspecified atom stereocenters. The lowest BCUT2D eigenvalue weighted by molar-refractivity contribution is 0.233. The maximum absolute atomic E-state index is 11.6. The van der Waals surface area contributed by atoms with Gasteiger partial charge in [-0.15, -0.1) is 0 Å². The van der Waals surface area contributed by atoms with Crippen molar-refractivity contribution in [3.63, 3.8) is 0 Å². The summed E-state index contributed by atoms with van der Waals surface area (Å²) in [4.78, 5) is 11.6. The van der Waals surface area contributed by atoms with Crippen LogP contribution in [0.25, 0.3) is 0 Å². The number of hydrogen-bond donors (Lipinski definition) is 3. The summed E-state index contributed by atoms with van der Waals surface area (Å²) in [5.41, 5.74) is 1.78. The van der Waals surface area contributed by atoms with E-state index in [0.717, 1.165) is 11.1 Å². The summed E-state index contributed by atoms with van der Waals surface area (Å²) >= 11 is 0. The van der Waals surface area contributed by atoms with Crippen molar-refractivity contribution < 1.29 is 9.90 Å². The van der Waals surface area contributed by atoms with Gasteiger partial charge in [-0.3, -0.25) is 0 Å². The van der Waals surface area contributed by atoms with Crippen molar-refractivity contribution in [2.75, 3.05) is 0 Å². The quantitative estimate of drug-likeness (QED) is 0.748. The Hall–Kier alpha value is -1.55. The standard InChI is InChI=1S/C14H22N2O2/c1-10(2)11(3)16-14(18)15-8-12-6-4-5-7-13(12)9-17/h4-7,10-11,17H,8-9H2,1-3H3,(H2,15,16,18). The Morgan fingerprint density at radius 3 is 2.39 bits per heavy atom. The predicted octanol–water partition coefficient (Wildman–Crippen LogP) is 2.02. The molecule has 0 bridgehead atoms. The van der Waals surface area contributed by atoms with Crippen molar-refractivity contribution >= 4 is 6.03 Å². The molecule has 0 heterocycles. The first kappa shape index (κ1) is 14.5. The number of rotatable bonds is 5. The minimum absolute atomic E-state index is 0.0120. The molecule has 0 aliphatic carbocycles. The van der Waals surface area contributed by atoms with Gasteiger partial charge in [-0.1, -0.05) is 38.1 Å². The van der Waals surface area contributed by atoms with Crippen molar-refractivity contribution in [3.05, 3.63) is 35.4 Å². The lowest BCUT2D eigenvalue weighted by Crippen LogP contribution is -2.42. The third-order valence-electron chi connectivity index (χ3n) is 3.09. The van der Waals surface area contributed by atoms with E-state index in [4.69, 9.17) is 0 Å². The summed E-state index contributed by atoms with van der Waals surface area (Å²) in [6, 6.07) is 7.48. The van der Waals surface area contributed by atoms with Crippen LogP contribution in [0.5, 0.6) is 0 Å². The lowest BCUT2D eigenvalue weighted by Gasteiger charge is -2.18. The van der Waals surface area contributed by atoms with Crippen LogP contribution >= 0.6 is 0 Å². The average molecular weight is 250 g/mol. The number of aliphatic hydroxyl groups is 1. The Balaban J connectivity index is 2.47. The van der Waals surface area contributed by atoms with Crippen LogP contribution in [-0.2, 0) is 13.2 Å². The first-order chi connectivity index (χ1) is 8.54. The maximum Gasteiger partial charge on any atom is 0.315 e. The molecular weight excluding hydrogens is 228 g/mol. The van der Waals surface area contributed by atoms with Crippen molar-refractivity contribution in [1.82, 2.24) is 10.6 Å². The molecule has 0 saturated carbocycles. The molecule has 2 amide bonds. The Kier molecular flexibility index (Phi) is 5.65. The van der Waals surface area contributed by atoms with Gasteiger partial charge in [0.25, 0.3) is 0 Å².